The van der Waals surface area contributed by atoms with Crippen LogP contribution in [0.1, 0.15) is 29.0 Å². The standard InChI is InChI=1S/C23H25ClN2O4S2/c1-14-18-11-21(24)20(16-7-8-31-13-16)12-22(18)30-23(27)19(14)10-15-5-4-6-17(9-15)25-32(28,29)26(2)3/h4-5,7-9,11-13,17,20-21,25H,6,10H2,1-3H3. The third kappa shape index (κ3) is 4.70. The summed E-state index contributed by atoms with van der Waals surface area (Å²) in [5, 5.41) is 4.66. The molecule has 0 spiro atoms. The molecule has 1 N–H and O–H groups in total. The molecule has 0 amide bonds. The first-order chi connectivity index (χ1) is 15.2. The minimum atomic E-state index is -3.55. The van der Waals surface area contributed by atoms with E-state index in [1.807, 2.05) is 48.8 Å². The first-order valence-corrected chi connectivity index (χ1v) is 13.1. The molecule has 2 aromatic rings. The first-order valence-electron chi connectivity index (χ1n) is 10.2. The lowest BCUT2D eigenvalue weighted by molar-refractivity contribution is 0.460. The molecule has 2 aromatic heterocycles. The lowest BCUT2D eigenvalue weighted by Gasteiger charge is -2.21. The van der Waals surface area contributed by atoms with Gasteiger partial charge in [0.2, 0.25) is 0 Å². The number of nitrogens with one attached hydrogen (secondary N) is 1. The van der Waals surface area contributed by atoms with Crippen LogP contribution in [0.15, 0.2) is 49.8 Å². The van der Waals surface area contributed by atoms with E-state index in [1.54, 1.807) is 11.3 Å². The zero-order valence-electron chi connectivity index (χ0n) is 18.0. The highest BCUT2D eigenvalue weighted by Gasteiger charge is 2.24. The Hall–Kier alpha value is -1.97. The van der Waals surface area contributed by atoms with E-state index in [0.717, 1.165) is 26.2 Å². The van der Waals surface area contributed by atoms with E-state index in [9.17, 15) is 13.2 Å². The van der Waals surface area contributed by atoms with Crippen LogP contribution in [0.5, 0.6) is 0 Å². The molecule has 32 heavy (non-hydrogen) atoms. The number of rotatable bonds is 6. The summed E-state index contributed by atoms with van der Waals surface area (Å²) in [5.41, 5.74) is 3.52. The van der Waals surface area contributed by atoms with Gasteiger partial charge in [-0.1, -0.05) is 24.3 Å². The van der Waals surface area contributed by atoms with Crippen molar-refractivity contribution in [3.63, 3.8) is 0 Å². The van der Waals surface area contributed by atoms with Crippen molar-refractivity contribution >= 4 is 45.3 Å². The van der Waals surface area contributed by atoms with Gasteiger partial charge < -0.3 is 4.42 Å². The van der Waals surface area contributed by atoms with Crippen molar-refractivity contribution in [3.05, 3.63) is 78.4 Å². The molecule has 0 aliphatic heterocycles. The number of fused-ring (bicyclic) bond motifs is 1. The number of halogens is 1. The van der Waals surface area contributed by atoms with Crippen LogP contribution < -0.4 is 21.0 Å². The van der Waals surface area contributed by atoms with E-state index in [0.29, 0.717) is 23.8 Å². The van der Waals surface area contributed by atoms with E-state index in [4.69, 9.17) is 16.0 Å². The maximum atomic E-state index is 12.9. The smallest absolute Gasteiger partial charge is 0.340 e. The highest BCUT2D eigenvalue weighted by molar-refractivity contribution is 7.87. The minimum absolute atomic E-state index is 0.0433. The largest absolute Gasteiger partial charge is 0.423 e. The minimum Gasteiger partial charge on any atom is -0.423 e. The summed E-state index contributed by atoms with van der Waals surface area (Å²) in [6.45, 7) is 1.91. The number of allylic oxidation sites excluding steroid dienone is 2. The number of nitrogens with zero attached hydrogens (tertiary/aromatic N) is 1. The highest BCUT2D eigenvalue weighted by atomic mass is 35.5. The van der Waals surface area contributed by atoms with Gasteiger partial charge in [-0.2, -0.15) is 28.8 Å². The molecule has 2 aliphatic carbocycles. The molecule has 3 atom stereocenters. The summed E-state index contributed by atoms with van der Waals surface area (Å²) in [5.74, 6) is -0.0433. The van der Waals surface area contributed by atoms with Crippen LogP contribution in [-0.4, -0.2) is 38.2 Å². The SMILES string of the molecule is Cc1c(CC2=CC(NS(=O)(=O)N(C)C)CC=C2)c(=O)oc2c1=CC(Cl)C(c1ccsc1)C=2. The Balaban J connectivity index is 1.66. The van der Waals surface area contributed by atoms with Crippen LogP contribution in [0.2, 0.25) is 0 Å². The average molecular weight is 493 g/mol. The molecule has 0 saturated carbocycles. The Morgan fingerprint density at radius 2 is 2.06 bits per heavy atom. The molecular weight excluding hydrogens is 468 g/mol. The van der Waals surface area contributed by atoms with Crippen LogP contribution in [0, 0.1) is 6.92 Å². The molecule has 170 valence electrons. The van der Waals surface area contributed by atoms with Crippen molar-refractivity contribution in [2.45, 2.75) is 37.1 Å². The van der Waals surface area contributed by atoms with Gasteiger partial charge in [0, 0.05) is 43.3 Å². The molecule has 6 nitrogen and oxygen atoms in total. The monoisotopic (exact) mass is 492 g/mol. The lowest BCUT2D eigenvalue weighted by Crippen LogP contribution is -2.41. The Labute approximate surface area is 196 Å². The fraction of sp³-hybridized carbons (Fsp3) is 0.348. The first kappa shape index (κ1) is 23.2. The third-order valence-electron chi connectivity index (χ3n) is 5.80. The van der Waals surface area contributed by atoms with Gasteiger partial charge in [0.15, 0.2) is 0 Å². The summed E-state index contributed by atoms with van der Waals surface area (Å²) in [6, 6.07) is 1.66. The fourth-order valence-corrected chi connectivity index (χ4v) is 5.77. The summed E-state index contributed by atoms with van der Waals surface area (Å²) >= 11 is 8.28. The predicted molar refractivity (Wildman–Crippen MR) is 130 cm³/mol. The number of thiophene rings is 1. The summed E-state index contributed by atoms with van der Waals surface area (Å²) in [7, 11) is -0.591. The topological polar surface area (TPSA) is 79.6 Å². The van der Waals surface area contributed by atoms with Gasteiger partial charge in [-0.3, -0.25) is 0 Å². The average Bonchev–Trinajstić information content (AvgIpc) is 3.26. The molecule has 4 rings (SSSR count). The van der Waals surface area contributed by atoms with Gasteiger partial charge in [0.05, 0.1) is 5.38 Å². The van der Waals surface area contributed by atoms with Crippen molar-refractivity contribution in [3.8, 4) is 0 Å². The van der Waals surface area contributed by atoms with Gasteiger partial charge >= 0.3 is 5.63 Å². The molecule has 2 aliphatic rings. The molecule has 0 fully saturated rings. The van der Waals surface area contributed by atoms with E-state index in [1.165, 1.54) is 14.1 Å². The number of hydrogen-bond acceptors (Lipinski definition) is 5. The van der Waals surface area contributed by atoms with E-state index < -0.39 is 10.2 Å². The van der Waals surface area contributed by atoms with Gasteiger partial charge in [-0.15, -0.1) is 11.6 Å². The van der Waals surface area contributed by atoms with E-state index in [-0.39, 0.29) is 23.0 Å². The molecule has 2 heterocycles. The predicted octanol–water partition coefficient (Wildman–Crippen LogP) is 2.17. The molecule has 0 bridgehead atoms. The Morgan fingerprint density at radius 1 is 1.28 bits per heavy atom. The second-order valence-corrected chi connectivity index (χ2v) is 11.4. The maximum absolute atomic E-state index is 12.9. The summed E-state index contributed by atoms with van der Waals surface area (Å²) in [6.07, 6.45) is 10.5. The van der Waals surface area contributed by atoms with Gasteiger partial charge in [0.1, 0.15) is 5.42 Å². The molecule has 3 unspecified atom stereocenters. The second-order valence-electron chi connectivity index (χ2n) is 8.20. The zero-order chi connectivity index (χ0) is 23.0. The van der Waals surface area contributed by atoms with Crippen LogP contribution in [-0.2, 0) is 16.6 Å². The normalized spacial score (nSPS) is 22.8. The van der Waals surface area contributed by atoms with Crippen molar-refractivity contribution < 1.29 is 12.8 Å². The van der Waals surface area contributed by atoms with Crippen molar-refractivity contribution in [2.24, 2.45) is 0 Å². The Bertz CT molecular complexity index is 1360. The van der Waals surface area contributed by atoms with E-state index >= 15 is 0 Å². The van der Waals surface area contributed by atoms with Crippen LogP contribution in [0.25, 0.3) is 12.2 Å². The van der Waals surface area contributed by atoms with E-state index in [2.05, 4.69) is 10.1 Å². The van der Waals surface area contributed by atoms with Crippen molar-refractivity contribution in [1.29, 1.82) is 0 Å². The molecule has 0 radical (unpaired) electrons. The van der Waals surface area contributed by atoms with Crippen LogP contribution in [0.3, 0.4) is 0 Å². The van der Waals surface area contributed by atoms with Crippen molar-refractivity contribution in [2.75, 3.05) is 14.1 Å². The summed E-state index contributed by atoms with van der Waals surface area (Å²) in [4.78, 5) is 12.9. The Kier molecular flexibility index (Phi) is 6.61. The molecule has 0 aromatic carbocycles. The van der Waals surface area contributed by atoms with Crippen LogP contribution in [0.4, 0.5) is 0 Å². The quantitative estimate of drug-likeness (QED) is 0.627. The molecule has 9 heteroatoms. The van der Waals surface area contributed by atoms with Gasteiger partial charge in [-0.25, -0.2) is 4.79 Å². The van der Waals surface area contributed by atoms with Gasteiger partial charge in [0.25, 0.3) is 10.2 Å². The van der Waals surface area contributed by atoms with Crippen molar-refractivity contribution in [1.82, 2.24) is 9.03 Å². The molecule has 0 saturated heterocycles. The maximum Gasteiger partial charge on any atom is 0.340 e. The number of alkyl halides is 1. The summed E-state index contributed by atoms with van der Waals surface area (Å²) < 4.78 is 33.8. The fourth-order valence-electron chi connectivity index (χ4n) is 3.96. The lowest BCUT2D eigenvalue weighted by atomic mass is 9.91. The molecular formula is C23H25ClN2O4S2. The second kappa shape index (κ2) is 9.11. The van der Waals surface area contributed by atoms with Crippen LogP contribution >= 0.6 is 22.9 Å². The number of hydrogen-bond donors (Lipinski definition) is 1. The highest BCUT2D eigenvalue weighted by Crippen LogP contribution is 2.29. The zero-order valence-corrected chi connectivity index (χ0v) is 20.4. The van der Waals surface area contributed by atoms with Gasteiger partial charge in [-0.05, 0) is 52.9 Å². The Morgan fingerprint density at radius 3 is 2.75 bits per heavy atom. The third-order valence-corrected chi connectivity index (χ3v) is 8.46.